The molecule has 0 bridgehead atoms. The number of hydrazine groups is 1. The maximum absolute atomic E-state index is 5.61. The number of hydrogen-bond acceptors (Lipinski definition) is 2. The van der Waals surface area contributed by atoms with Gasteiger partial charge in [-0.25, -0.2) is 5.01 Å². The summed E-state index contributed by atoms with van der Waals surface area (Å²) in [7, 11) is 0. The molecule has 0 aromatic carbocycles. The van der Waals surface area contributed by atoms with E-state index in [1.807, 2.05) is 5.01 Å². The number of halogens is 1. The first-order valence-electron chi connectivity index (χ1n) is 3.32. The SMILES string of the molecule is CC1CCCCN1N.Cl. The second-order valence-electron chi connectivity index (χ2n) is 2.58. The largest absolute Gasteiger partial charge is 0.269 e. The second-order valence-corrected chi connectivity index (χ2v) is 2.58. The van der Waals surface area contributed by atoms with E-state index in [2.05, 4.69) is 6.92 Å². The summed E-state index contributed by atoms with van der Waals surface area (Å²) in [5.41, 5.74) is 0. The zero-order valence-electron chi connectivity index (χ0n) is 5.84. The topological polar surface area (TPSA) is 29.3 Å². The summed E-state index contributed by atoms with van der Waals surface area (Å²) in [5, 5.41) is 1.93. The fourth-order valence-corrected chi connectivity index (χ4v) is 1.12. The standard InChI is InChI=1S/C6H14N2.ClH/c1-6-4-2-3-5-8(6)7;/h6H,2-5,7H2,1H3;1H. The maximum atomic E-state index is 5.61. The van der Waals surface area contributed by atoms with Crippen LogP contribution >= 0.6 is 12.4 Å². The highest BCUT2D eigenvalue weighted by molar-refractivity contribution is 5.85. The fourth-order valence-electron chi connectivity index (χ4n) is 1.12. The van der Waals surface area contributed by atoms with Gasteiger partial charge in [0.1, 0.15) is 0 Å². The lowest BCUT2D eigenvalue weighted by Crippen LogP contribution is -2.42. The van der Waals surface area contributed by atoms with Gasteiger partial charge < -0.3 is 0 Å². The molecule has 2 N–H and O–H groups in total. The molecule has 0 saturated carbocycles. The number of nitrogens with two attached hydrogens (primary N) is 1. The van der Waals surface area contributed by atoms with Crippen LogP contribution in [0.4, 0.5) is 0 Å². The van der Waals surface area contributed by atoms with E-state index in [9.17, 15) is 0 Å². The molecule has 1 fully saturated rings. The first-order valence-corrected chi connectivity index (χ1v) is 3.32. The average Bonchev–Trinajstić information content (AvgIpc) is 1.77. The van der Waals surface area contributed by atoms with Crippen LogP contribution in [0.2, 0.25) is 0 Å². The highest BCUT2D eigenvalue weighted by atomic mass is 35.5. The van der Waals surface area contributed by atoms with Gasteiger partial charge in [0, 0.05) is 12.6 Å². The highest BCUT2D eigenvalue weighted by Gasteiger charge is 2.13. The molecule has 1 rings (SSSR count). The van der Waals surface area contributed by atoms with Crippen LogP contribution in [-0.2, 0) is 0 Å². The minimum absolute atomic E-state index is 0. The van der Waals surface area contributed by atoms with Crippen molar-refractivity contribution in [1.29, 1.82) is 0 Å². The van der Waals surface area contributed by atoms with Gasteiger partial charge in [0.15, 0.2) is 0 Å². The Bertz CT molecular complexity index is 67.5. The van der Waals surface area contributed by atoms with E-state index >= 15 is 0 Å². The normalized spacial score (nSPS) is 29.3. The highest BCUT2D eigenvalue weighted by Crippen LogP contribution is 2.11. The third-order valence-electron chi connectivity index (χ3n) is 1.85. The first-order chi connectivity index (χ1) is 3.80. The van der Waals surface area contributed by atoms with Crippen LogP contribution in [0, 0.1) is 0 Å². The molecule has 0 amide bonds. The van der Waals surface area contributed by atoms with Crippen molar-refractivity contribution >= 4 is 12.4 Å². The first kappa shape index (κ1) is 9.21. The van der Waals surface area contributed by atoms with Crippen LogP contribution < -0.4 is 5.84 Å². The van der Waals surface area contributed by atoms with Crippen molar-refractivity contribution in [1.82, 2.24) is 5.01 Å². The molecule has 9 heavy (non-hydrogen) atoms. The molecule has 3 heteroatoms. The summed E-state index contributed by atoms with van der Waals surface area (Å²) in [6, 6.07) is 0.615. The lowest BCUT2D eigenvalue weighted by atomic mass is 10.1. The molecular weight excluding hydrogens is 136 g/mol. The van der Waals surface area contributed by atoms with E-state index in [1.54, 1.807) is 0 Å². The molecule has 0 spiro atoms. The average molecular weight is 151 g/mol. The Labute approximate surface area is 62.8 Å². The van der Waals surface area contributed by atoms with Crippen molar-refractivity contribution in [2.45, 2.75) is 32.2 Å². The van der Waals surface area contributed by atoms with Crippen LogP contribution in [0.5, 0.6) is 0 Å². The van der Waals surface area contributed by atoms with E-state index in [-0.39, 0.29) is 12.4 Å². The van der Waals surface area contributed by atoms with Crippen molar-refractivity contribution in [2.75, 3.05) is 6.54 Å². The van der Waals surface area contributed by atoms with Crippen LogP contribution in [0.1, 0.15) is 26.2 Å². The van der Waals surface area contributed by atoms with E-state index < -0.39 is 0 Å². The molecule has 0 aromatic heterocycles. The Morgan fingerprint density at radius 1 is 1.44 bits per heavy atom. The summed E-state index contributed by atoms with van der Waals surface area (Å²) in [4.78, 5) is 0. The molecule has 2 nitrogen and oxygen atoms in total. The quantitative estimate of drug-likeness (QED) is 0.525. The molecule has 1 unspecified atom stereocenters. The van der Waals surface area contributed by atoms with Gasteiger partial charge in [0.2, 0.25) is 0 Å². The minimum Gasteiger partial charge on any atom is -0.269 e. The van der Waals surface area contributed by atoms with Gasteiger partial charge in [-0.1, -0.05) is 6.42 Å². The van der Waals surface area contributed by atoms with E-state index in [1.165, 1.54) is 19.3 Å². The Morgan fingerprint density at radius 3 is 2.44 bits per heavy atom. The lowest BCUT2D eigenvalue weighted by Gasteiger charge is -2.28. The van der Waals surface area contributed by atoms with Gasteiger partial charge in [-0.15, -0.1) is 12.4 Å². The molecule has 0 radical (unpaired) electrons. The minimum atomic E-state index is 0. The predicted octanol–water partition coefficient (Wildman–Crippen LogP) is 1.16. The number of rotatable bonds is 0. The Kier molecular flexibility index (Phi) is 4.19. The van der Waals surface area contributed by atoms with Gasteiger partial charge in [0.25, 0.3) is 0 Å². The van der Waals surface area contributed by atoms with Gasteiger partial charge in [-0.2, -0.15) is 0 Å². The number of piperidine rings is 1. The summed E-state index contributed by atoms with van der Waals surface area (Å²) < 4.78 is 0. The predicted molar refractivity (Wildman–Crippen MR) is 41.5 cm³/mol. The van der Waals surface area contributed by atoms with E-state index in [0.29, 0.717) is 6.04 Å². The monoisotopic (exact) mass is 150 g/mol. The molecule has 1 saturated heterocycles. The van der Waals surface area contributed by atoms with Gasteiger partial charge in [0.05, 0.1) is 0 Å². The van der Waals surface area contributed by atoms with Gasteiger partial charge in [-0.05, 0) is 19.8 Å². The van der Waals surface area contributed by atoms with Gasteiger partial charge >= 0.3 is 0 Å². The van der Waals surface area contributed by atoms with Crippen LogP contribution in [0.15, 0.2) is 0 Å². The smallest absolute Gasteiger partial charge is 0.0212 e. The number of hydrogen-bond donors (Lipinski definition) is 1. The van der Waals surface area contributed by atoms with E-state index in [4.69, 9.17) is 5.84 Å². The molecule has 1 heterocycles. The molecule has 1 atom stereocenters. The lowest BCUT2D eigenvalue weighted by molar-refractivity contribution is 0.164. The second kappa shape index (κ2) is 4.09. The van der Waals surface area contributed by atoms with E-state index in [0.717, 1.165) is 6.54 Å². The molecule has 0 aliphatic carbocycles. The third kappa shape index (κ3) is 2.52. The summed E-state index contributed by atoms with van der Waals surface area (Å²) in [6.45, 7) is 3.26. The molecule has 0 aromatic rings. The summed E-state index contributed by atoms with van der Waals surface area (Å²) in [6.07, 6.45) is 3.91. The third-order valence-corrected chi connectivity index (χ3v) is 1.85. The van der Waals surface area contributed by atoms with Crippen molar-refractivity contribution < 1.29 is 0 Å². The zero-order valence-corrected chi connectivity index (χ0v) is 6.66. The van der Waals surface area contributed by atoms with Crippen molar-refractivity contribution in [3.05, 3.63) is 0 Å². The molecule has 1 aliphatic rings. The Morgan fingerprint density at radius 2 is 2.11 bits per heavy atom. The summed E-state index contributed by atoms with van der Waals surface area (Å²) in [5.74, 6) is 5.61. The molecule has 1 aliphatic heterocycles. The molecule has 56 valence electrons. The summed E-state index contributed by atoms with van der Waals surface area (Å²) >= 11 is 0. The van der Waals surface area contributed by atoms with Crippen molar-refractivity contribution in [3.8, 4) is 0 Å². The van der Waals surface area contributed by atoms with Crippen molar-refractivity contribution in [3.63, 3.8) is 0 Å². The van der Waals surface area contributed by atoms with Gasteiger partial charge in [-0.3, -0.25) is 5.84 Å². The Hall–Kier alpha value is 0.210. The zero-order chi connectivity index (χ0) is 5.98. The van der Waals surface area contributed by atoms with Crippen LogP contribution in [-0.4, -0.2) is 17.6 Å². The Balaban J connectivity index is 0.000000640. The van der Waals surface area contributed by atoms with Crippen LogP contribution in [0.3, 0.4) is 0 Å². The molecular formula is C6H15ClN2. The number of nitrogens with zero attached hydrogens (tertiary/aromatic N) is 1. The fraction of sp³-hybridized carbons (Fsp3) is 1.00. The maximum Gasteiger partial charge on any atom is 0.0212 e. The van der Waals surface area contributed by atoms with Crippen molar-refractivity contribution in [2.24, 2.45) is 5.84 Å². The van der Waals surface area contributed by atoms with Crippen LogP contribution in [0.25, 0.3) is 0 Å².